The highest BCUT2D eigenvalue weighted by Gasteiger charge is 2.35. The lowest BCUT2D eigenvalue weighted by molar-refractivity contribution is -0.148. The van der Waals surface area contributed by atoms with E-state index in [1.54, 1.807) is 6.07 Å². The zero-order valence-corrected chi connectivity index (χ0v) is 14.0. The van der Waals surface area contributed by atoms with Gasteiger partial charge < -0.3 is 14.9 Å². The number of halogens is 1. The van der Waals surface area contributed by atoms with Gasteiger partial charge >= 0.3 is 5.97 Å². The summed E-state index contributed by atoms with van der Waals surface area (Å²) in [5.74, 6) is -1.24. The van der Waals surface area contributed by atoms with Gasteiger partial charge in [0.2, 0.25) is 0 Å². The summed E-state index contributed by atoms with van der Waals surface area (Å²) in [6, 6.07) is 12.2. The molecule has 0 fully saturated rings. The fourth-order valence-corrected chi connectivity index (χ4v) is 3.58. The van der Waals surface area contributed by atoms with Crippen molar-refractivity contribution in [1.82, 2.24) is 0 Å². The van der Waals surface area contributed by atoms with Crippen LogP contribution in [0.2, 0.25) is 0 Å². The fraction of sp³-hybridized carbons (Fsp3) is 0.350. The van der Waals surface area contributed by atoms with Crippen molar-refractivity contribution < 1.29 is 24.1 Å². The van der Waals surface area contributed by atoms with E-state index in [1.807, 2.05) is 24.3 Å². The molecule has 2 aromatic rings. The van der Waals surface area contributed by atoms with Gasteiger partial charge in [-0.1, -0.05) is 30.3 Å². The molecule has 3 atom stereocenters. The number of carbonyl (C=O) groups excluding carboxylic acids is 1. The monoisotopic (exact) mass is 344 g/mol. The summed E-state index contributed by atoms with van der Waals surface area (Å²) < 4.78 is 19.5. The zero-order chi connectivity index (χ0) is 18.0. The number of hydrogen-bond donors (Lipinski definition) is 2. The van der Waals surface area contributed by atoms with Crippen LogP contribution in [-0.2, 0) is 16.0 Å². The van der Waals surface area contributed by atoms with Gasteiger partial charge in [0.25, 0.3) is 0 Å². The van der Waals surface area contributed by atoms with E-state index in [4.69, 9.17) is 4.74 Å². The molecule has 2 aromatic carbocycles. The van der Waals surface area contributed by atoms with E-state index in [2.05, 4.69) is 0 Å². The minimum Gasteiger partial charge on any atom is -0.457 e. The Morgan fingerprint density at radius 2 is 1.96 bits per heavy atom. The Morgan fingerprint density at radius 1 is 1.24 bits per heavy atom. The van der Waals surface area contributed by atoms with Crippen molar-refractivity contribution in [3.8, 4) is 0 Å². The number of carbonyl (C=O) groups is 1. The average Bonchev–Trinajstić information content (AvgIpc) is 2.70. The molecule has 4 nitrogen and oxygen atoms in total. The van der Waals surface area contributed by atoms with Crippen molar-refractivity contribution in [2.24, 2.45) is 0 Å². The van der Waals surface area contributed by atoms with E-state index >= 15 is 0 Å². The number of hydrogen-bond acceptors (Lipinski definition) is 4. The third kappa shape index (κ3) is 3.72. The van der Waals surface area contributed by atoms with Crippen LogP contribution >= 0.6 is 0 Å². The molecule has 3 rings (SSSR count). The number of ether oxygens (including phenoxy) is 1. The quantitative estimate of drug-likeness (QED) is 0.837. The predicted molar refractivity (Wildman–Crippen MR) is 90.6 cm³/mol. The Labute approximate surface area is 145 Å². The first kappa shape index (κ1) is 17.6. The van der Waals surface area contributed by atoms with Gasteiger partial charge in [-0.15, -0.1) is 0 Å². The molecule has 2 N–H and O–H groups in total. The van der Waals surface area contributed by atoms with E-state index in [0.717, 1.165) is 16.7 Å². The maximum atomic E-state index is 13.9. The molecule has 0 amide bonds. The van der Waals surface area contributed by atoms with Crippen molar-refractivity contribution >= 4 is 5.97 Å². The highest BCUT2D eigenvalue weighted by Crippen LogP contribution is 2.44. The van der Waals surface area contributed by atoms with Crippen molar-refractivity contribution in [2.45, 2.75) is 37.9 Å². The Balaban J connectivity index is 2.17. The highest BCUT2D eigenvalue weighted by molar-refractivity contribution is 5.66. The van der Waals surface area contributed by atoms with E-state index in [-0.39, 0.29) is 18.9 Å². The lowest BCUT2D eigenvalue weighted by Crippen LogP contribution is -2.24. The Morgan fingerprint density at radius 3 is 2.68 bits per heavy atom. The predicted octanol–water partition coefficient (Wildman–Crippen LogP) is 2.86. The molecule has 0 aliphatic heterocycles. The zero-order valence-electron chi connectivity index (χ0n) is 14.0. The van der Waals surface area contributed by atoms with Crippen molar-refractivity contribution in [3.63, 3.8) is 0 Å². The summed E-state index contributed by atoms with van der Waals surface area (Å²) in [4.78, 5) is 11.7. The molecule has 1 aliphatic rings. The van der Waals surface area contributed by atoms with Crippen LogP contribution in [0.15, 0.2) is 42.5 Å². The second-order valence-electron chi connectivity index (χ2n) is 6.43. The molecule has 132 valence electrons. The lowest BCUT2D eigenvalue weighted by Gasteiger charge is -2.29. The minimum absolute atomic E-state index is 0.210. The molecule has 0 saturated heterocycles. The molecule has 0 spiro atoms. The van der Waals surface area contributed by atoms with Crippen LogP contribution in [0.1, 0.15) is 47.6 Å². The molecule has 0 radical (unpaired) electrons. The van der Waals surface area contributed by atoms with Crippen LogP contribution in [0.25, 0.3) is 0 Å². The van der Waals surface area contributed by atoms with Crippen LogP contribution < -0.4 is 0 Å². The van der Waals surface area contributed by atoms with E-state index in [0.29, 0.717) is 12.0 Å². The molecule has 0 saturated carbocycles. The van der Waals surface area contributed by atoms with Crippen LogP contribution in [-0.4, -0.2) is 28.9 Å². The Hall–Kier alpha value is -2.24. The molecular formula is C20H21FO4. The maximum Gasteiger partial charge on any atom is 0.303 e. The normalized spacial score (nSPS) is 20.2. The highest BCUT2D eigenvalue weighted by atomic mass is 19.1. The van der Waals surface area contributed by atoms with Gasteiger partial charge in [-0.05, 0) is 47.2 Å². The van der Waals surface area contributed by atoms with Gasteiger partial charge in [0.1, 0.15) is 11.9 Å². The summed E-state index contributed by atoms with van der Waals surface area (Å²) in [5.41, 5.74) is 3.49. The lowest BCUT2D eigenvalue weighted by atomic mass is 9.84. The van der Waals surface area contributed by atoms with Crippen LogP contribution in [0.5, 0.6) is 0 Å². The second-order valence-corrected chi connectivity index (χ2v) is 6.43. The van der Waals surface area contributed by atoms with Gasteiger partial charge in [-0.2, -0.15) is 0 Å². The summed E-state index contributed by atoms with van der Waals surface area (Å²) in [6.45, 7) is 0.927. The maximum absolute atomic E-state index is 13.9. The first-order valence-electron chi connectivity index (χ1n) is 8.32. The first-order chi connectivity index (χ1) is 12.0. The molecule has 1 aliphatic carbocycles. The van der Waals surface area contributed by atoms with E-state index in [1.165, 1.54) is 19.1 Å². The molecular weight excluding hydrogens is 323 g/mol. The van der Waals surface area contributed by atoms with Crippen LogP contribution in [0.3, 0.4) is 0 Å². The number of aliphatic hydroxyl groups excluding tert-OH is 2. The summed E-state index contributed by atoms with van der Waals surface area (Å²) in [5, 5.41) is 19.3. The second kappa shape index (κ2) is 7.33. The number of fused-ring (bicyclic) bond motifs is 2. The SMILES string of the molecule is CC(=O)O[C@H]1c2cc(F)ccc2Cc2ccccc2[C@H]1C[C@@H](O)CO. The molecule has 25 heavy (non-hydrogen) atoms. The number of esters is 1. The number of rotatable bonds is 4. The van der Waals surface area contributed by atoms with Gasteiger partial charge in [0.05, 0.1) is 12.7 Å². The van der Waals surface area contributed by atoms with Crippen molar-refractivity contribution in [2.75, 3.05) is 6.61 Å². The van der Waals surface area contributed by atoms with Crippen molar-refractivity contribution in [3.05, 3.63) is 70.5 Å². The van der Waals surface area contributed by atoms with Gasteiger partial charge in [0, 0.05) is 12.8 Å². The molecule has 0 unspecified atom stereocenters. The molecule has 0 bridgehead atoms. The molecule has 5 heteroatoms. The third-order valence-electron chi connectivity index (χ3n) is 4.65. The van der Waals surface area contributed by atoms with E-state index in [9.17, 15) is 19.4 Å². The summed E-state index contributed by atoms with van der Waals surface area (Å²) in [7, 11) is 0. The van der Waals surface area contributed by atoms with Crippen LogP contribution in [0.4, 0.5) is 4.39 Å². The van der Waals surface area contributed by atoms with Gasteiger partial charge in [-0.3, -0.25) is 4.79 Å². The molecule has 0 heterocycles. The summed E-state index contributed by atoms with van der Waals surface area (Å²) in [6.07, 6.45) is -0.865. The van der Waals surface area contributed by atoms with Gasteiger partial charge in [-0.25, -0.2) is 4.39 Å². The first-order valence-corrected chi connectivity index (χ1v) is 8.32. The standard InChI is InChI=1S/C20H21FO4/c1-12(23)25-20-18-9-15(21)7-6-14(18)8-13-4-2-3-5-17(13)19(20)10-16(24)11-22/h2-7,9,16,19-20,22,24H,8,10-11H2,1H3/t16-,19-,20+/m1/s1. The van der Waals surface area contributed by atoms with Gasteiger partial charge in [0.15, 0.2) is 0 Å². The number of benzene rings is 2. The Kier molecular flexibility index (Phi) is 5.16. The smallest absolute Gasteiger partial charge is 0.303 e. The van der Waals surface area contributed by atoms with E-state index < -0.39 is 24.0 Å². The topological polar surface area (TPSA) is 66.8 Å². The number of aliphatic hydroxyl groups is 2. The summed E-state index contributed by atoms with van der Waals surface area (Å²) >= 11 is 0. The molecule has 0 aromatic heterocycles. The van der Waals surface area contributed by atoms with Crippen LogP contribution in [0, 0.1) is 5.82 Å². The average molecular weight is 344 g/mol. The largest absolute Gasteiger partial charge is 0.457 e. The van der Waals surface area contributed by atoms with Crippen molar-refractivity contribution in [1.29, 1.82) is 0 Å². The Bertz CT molecular complexity index is 774. The third-order valence-corrected chi connectivity index (χ3v) is 4.65. The fourth-order valence-electron chi connectivity index (χ4n) is 3.58. The minimum atomic E-state index is -0.953.